The predicted octanol–water partition coefficient (Wildman–Crippen LogP) is 1.00. The van der Waals surface area contributed by atoms with Gasteiger partial charge in [0, 0.05) is 25.4 Å². The molecule has 0 saturated carbocycles. The highest BCUT2D eigenvalue weighted by Crippen LogP contribution is 2.00. The number of carboxylic acids is 1. The van der Waals surface area contributed by atoms with Crippen molar-refractivity contribution < 1.29 is 9.90 Å². The average Bonchev–Trinajstić information content (AvgIpc) is 2.25. The van der Waals surface area contributed by atoms with Crippen molar-refractivity contribution in [1.82, 2.24) is 9.97 Å². The molecular formula is C10H11N3O2. The maximum absolute atomic E-state index is 10.5. The van der Waals surface area contributed by atoms with Gasteiger partial charge >= 0.3 is 5.97 Å². The van der Waals surface area contributed by atoms with Crippen LogP contribution in [-0.2, 0) is 0 Å². The maximum atomic E-state index is 10.5. The van der Waals surface area contributed by atoms with Crippen molar-refractivity contribution >= 4 is 11.9 Å². The summed E-state index contributed by atoms with van der Waals surface area (Å²) < 4.78 is 0. The second-order valence-electron chi connectivity index (χ2n) is 2.83. The van der Waals surface area contributed by atoms with Gasteiger partial charge in [-0.1, -0.05) is 0 Å². The fourth-order valence-corrected chi connectivity index (χ4v) is 0.920. The zero-order valence-electron chi connectivity index (χ0n) is 8.10. The molecule has 1 rings (SSSR count). The summed E-state index contributed by atoms with van der Waals surface area (Å²) in [5.74, 6) is 1.90. The number of aromatic carboxylic acids is 1. The maximum Gasteiger partial charge on any atom is 0.338 e. The van der Waals surface area contributed by atoms with Gasteiger partial charge in [-0.2, -0.15) is 0 Å². The third kappa shape index (κ3) is 3.65. The van der Waals surface area contributed by atoms with Crippen LogP contribution in [0.2, 0.25) is 0 Å². The number of carboxylic acid groups (broad SMARTS) is 1. The Hall–Kier alpha value is -2.09. The Labute approximate surface area is 87.6 Å². The number of hydrogen-bond donors (Lipinski definition) is 2. The van der Waals surface area contributed by atoms with E-state index in [1.165, 1.54) is 12.4 Å². The first-order valence-corrected chi connectivity index (χ1v) is 4.46. The number of anilines is 1. The smallest absolute Gasteiger partial charge is 0.338 e. The van der Waals surface area contributed by atoms with Gasteiger partial charge in [0.25, 0.3) is 0 Å². The summed E-state index contributed by atoms with van der Waals surface area (Å²) in [6.45, 7) is 0.677. The van der Waals surface area contributed by atoms with E-state index in [0.717, 1.165) is 6.42 Å². The van der Waals surface area contributed by atoms with E-state index >= 15 is 0 Å². The summed E-state index contributed by atoms with van der Waals surface area (Å²) in [7, 11) is 0. The highest BCUT2D eigenvalue weighted by atomic mass is 16.4. The molecular weight excluding hydrogens is 194 g/mol. The lowest BCUT2D eigenvalue weighted by Crippen LogP contribution is -2.06. The van der Waals surface area contributed by atoms with Gasteiger partial charge in [-0.15, -0.1) is 12.3 Å². The van der Waals surface area contributed by atoms with Crippen LogP contribution in [0.15, 0.2) is 12.4 Å². The van der Waals surface area contributed by atoms with E-state index in [0.29, 0.717) is 18.9 Å². The molecule has 0 radical (unpaired) electrons. The van der Waals surface area contributed by atoms with Crippen molar-refractivity contribution in [3.8, 4) is 12.3 Å². The van der Waals surface area contributed by atoms with Gasteiger partial charge in [-0.3, -0.25) is 0 Å². The summed E-state index contributed by atoms with van der Waals surface area (Å²) in [5, 5.41) is 11.5. The molecule has 0 saturated heterocycles. The fourth-order valence-electron chi connectivity index (χ4n) is 0.920. The van der Waals surface area contributed by atoms with Crippen molar-refractivity contribution in [2.45, 2.75) is 12.8 Å². The van der Waals surface area contributed by atoms with Crippen LogP contribution in [-0.4, -0.2) is 27.6 Å². The summed E-state index contributed by atoms with van der Waals surface area (Å²) in [5.41, 5.74) is 0.0733. The molecule has 15 heavy (non-hydrogen) atoms. The van der Waals surface area contributed by atoms with Crippen LogP contribution in [0.4, 0.5) is 5.95 Å². The first kappa shape index (κ1) is 11.0. The summed E-state index contributed by atoms with van der Waals surface area (Å²) >= 11 is 0. The lowest BCUT2D eigenvalue weighted by Gasteiger charge is -2.02. The zero-order valence-corrected chi connectivity index (χ0v) is 8.10. The Morgan fingerprint density at radius 3 is 2.73 bits per heavy atom. The SMILES string of the molecule is C#CCCCNc1ncc(C(=O)O)cn1. The third-order valence-electron chi connectivity index (χ3n) is 1.68. The van der Waals surface area contributed by atoms with Crippen molar-refractivity contribution in [1.29, 1.82) is 0 Å². The largest absolute Gasteiger partial charge is 0.478 e. The average molecular weight is 205 g/mol. The molecule has 5 nitrogen and oxygen atoms in total. The lowest BCUT2D eigenvalue weighted by atomic mass is 10.3. The van der Waals surface area contributed by atoms with Gasteiger partial charge in [-0.25, -0.2) is 14.8 Å². The van der Waals surface area contributed by atoms with Crippen LogP contribution in [0.1, 0.15) is 23.2 Å². The number of aromatic nitrogens is 2. The predicted molar refractivity (Wildman–Crippen MR) is 55.5 cm³/mol. The fraction of sp³-hybridized carbons (Fsp3) is 0.300. The number of terminal acetylenes is 1. The Balaban J connectivity index is 2.43. The highest BCUT2D eigenvalue weighted by molar-refractivity contribution is 5.86. The Bertz CT molecular complexity index is 367. The Morgan fingerprint density at radius 1 is 1.53 bits per heavy atom. The van der Waals surface area contributed by atoms with Crippen LogP contribution >= 0.6 is 0 Å². The second kappa shape index (κ2) is 5.60. The Morgan fingerprint density at radius 2 is 2.20 bits per heavy atom. The van der Waals surface area contributed by atoms with E-state index in [9.17, 15) is 4.79 Å². The summed E-state index contributed by atoms with van der Waals surface area (Å²) in [6, 6.07) is 0. The molecule has 0 bridgehead atoms. The van der Waals surface area contributed by atoms with Crippen molar-refractivity contribution in [2.24, 2.45) is 0 Å². The van der Waals surface area contributed by atoms with Crippen molar-refractivity contribution in [2.75, 3.05) is 11.9 Å². The van der Waals surface area contributed by atoms with Gasteiger partial charge in [-0.05, 0) is 6.42 Å². The lowest BCUT2D eigenvalue weighted by molar-refractivity contribution is 0.0696. The number of carbonyl (C=O) groups is 1. The normalized spacial score (nSPS) is 9.27. The standard InChI is InChI=1S/C10H11N3O2/c1-2-3-4-5-11-10-12-6-8(7-13-10)9(14)15/h1,6-7H,3-5H2,(H,14,15)(H,11,12,13). The molecule has 0 amide bonds. The molecule has 0 unspecified atom stereocenters. The summed E-state index contributed by atoms with van der Waals surface area (Å²) in [6.07, 6.45) is 9.14. The molecule has 0 aromatic carbocycles. The van der Waals surface area contributed by atoms with Crippen LogP contribution < -0.4 is 5.32 Å². The minimum atomic E-state index is -1.03. The first-order valence-electron chi connectivity index (χ1n) is 4.46. The third-order valence-corrected chi connectivity index (χ3v) is 1.68. The number of nitrogens with zero attached hydrogens (tertiary/aromatic N) is 2. The molecule has 0 aliphatic heterocycles. The van der Waals surface area contributed by atoms with Crippen LogP contribution in [0.25, 0.3) is 0 Å². The van der Waals surface area contributed by atoms with E-state index in [2.05, 4.69) is 21.2 Å². The molecule has 2 N–H and O–H groups in total. The minimum Gasteiger partial charge on any atom is -0.478 e. The van der Waals surface area contributed by atoms with Gasteiger partial charge < -0.3 is 10.4 Å². The van der Waals surface area contributed by atoms with E-state index in [4.69, 9.17) is 11.5 Å². The molecule has 1 aromatic heterocycles. The van der Waals surface area contributed by atoms with Gasteiger partial charge in [0.05, 0.1) is 5.56 Å². The van der Waals surface area contributed by atoms with Gasteiger partial charge in [0.1, 0.15) is 0 Å². The molecule has 0 fully saturated rings. The van der Waals surface area contributed by atoms with Crippen LogP contribution in [0, 0.1) is 12.3 Å². The molecule has 0 atom stereocenters. The number of hydrogen-bond acceptors (Lipinski definition) is 4. The number of rotatable bonds is 5. The molecule has 0 spiro atoms. The van der Waals surface area contributed by atoms with E-state index < -0.39 is 5.97 Å². The molecule has 0 aliphatic carbocycles. The van der Waals surface area contributed by atoms with Gasteiger partial charge in [0.15, 0.2) is 0 Å². The van der Waals surface area contributed by atoms with E-state index in [-0.39, 0.29) is 5.56 Å². The number of nitrogens with one attached hydrogen (secondary N) is 1. The van der Waals surface area contributed by atoms with Crippen molar-refractivity contribution in [3.05, 3.63) is 18.0 Å². The number of unbranched alkanes of at least 4 members (excludes halogenated alkanes) is 1. The first-order chi connectivity index (χ1) is 7.24. The van der Waals surface area contributed by atoms with Crippen LogP contribution in [0.5, 0.6) is 0 Å². The highest BCUT2D eigenvalue weighted by Gasteiger charge is 2.03. The molecule has 0 aliphatic rings. The molecule has 5 heteroatoms. The molecule has 78 valence electrons. The monoisotopic (exact) mass is 205 g/mol. The van der Waals surface area contributed by atoms with Crippen LogP contribution in [0.3, 0.4) is 0 Å². The Kier molecular flexibility index (Phi) is 4.10. The molecule has 1 heterocycles. The zero-order chi connectivity index (χ0) is 11.1. The quantitative estimate of drug-likeness (QED) is 0.554. The van der Waals surface area contributed by atoms with Crippen molar-refractivity contribution in [3.63, 3.8) is 0 Å². The minimum absolute atomic E-state index is 0.0733. The van der Waals surface area contributed by atoms with E-state index in [1.54, 1.807) is 0 Å². The molecule has 1 aromatic rings. The topological polar surface area (TPSA) is 75.1 Å². The van der Waals surface area contributed by atoms with E-state index in [1.807, 2.05) is 0 Å². The van der Waals surface area contributed by atoms with Gasteiger partial charge in [0.2, 0.25) is 5.95 Å². The second-order valence-corrected chi connectivity index (χ2v) is 2.83. The summed E-state index contributed by atoms with van der Waals surface area (Å²) in [4.78, 5) is 18.2.